The van der Waals surface area contributed by atoms with E-state index in [1.165, 1.54) is 19.0 Å². The van der Waals surface area contributed by atoms with Gasteiger partial charge in [-0.2, -0.15) is 15.4 Å². The molecule has 0 aliphatic heterocycles. The third-order valence-corrected chi connectivity index (χ3v) is 1.96. The normalized spacial score (nSPS) is 10.1. The van der Waals surface area contributed by atoms with Crippen LogP contribution in [0.15, 0.2) is 6.20 Å². The lowest BCUT2D eigenvalue weighted by atomic mass is 10.2. The summed E-state index contributed by atoms with van der Waals surface area (Å²) in [6.07, 6.45) is 6.03. The Morgan fingerprint density at radius 2 is 2.36 bits per heavy atom. The van der Waals surface area contributed by atoms with Crippen LogP contribution in [-0.4, -0.2) is 27.9 Å². The summed E-state index contributed by atoms with van der Waals surface area (Å²) in [6.45, 7) is 2.87. The van der Waals surface area contributed by atoms with E-state index in [-0.39, 0.29) is 5.91 Å². The molecule has 0 aliphatic carbocycles. The van der Waals surface area contributed by atoms with E-state index in [1.807, 2.05) is 0 Å². The van der Waals surface area contributed by atoms with Gasteiger partial charge in [0, 0.05) is 6.54 Å². The molecule has 0 fully saturated rings. The number of carbonyl (C=O) groups excluding carboxylic acids is 1. The number of hydrogen-bond donors (Lipinski definition) is 2. The van der Waals surface area contributed by atoms with Crippen molar-refractivity contribution in [2.45, 2.75) is 32.6 Å². The molecular formula is C9H16N4O. The molecule has 1 amide bonds. The molecule has 0 spiro atoms. The summed E-state index contributed by atoms with van der Waals surface area (Å²) in [5.74, 6) is -0.157. The summed E-state index contributed by atoms with van der Waals surface area (Å²) >= 11 is 0. The number of H-pyrrole nitrogens is 1. The van der Waals surface area contributed by atoms with Crippen molar-refractivity contribution in [1.29, 1.82) is 0 Å². The van der Waals surface area contributed by atoms with Gasteiger partial charge in [-0.25, -0.2) is 0 Å². The van der Waals surface area contributed by atoms with Crippen molar-refractivity contribution in [1.82, 2.24) is 20.7 Å². The van der Waals surface area contributed by atoms with Crippen molar-refractivity contribution >= 4 is 5.91 Å². The molecule has 1 rings (SSSR count). The SMILES string of the molecule is CCCCCCNC(=O)c1cn[nH]n1. The summed E-state index contributed by atoms with van der Waals surface area (Å²) in [5, 5.41) is 12.4. The molecule has 0 atom stereocenters. The van der Waals surface area contributed by atoms with E-state index in [0.29, 0.717) is 12.2 Å². The van der Waals surface area contributed by atoms with Gasteiger partial charge in [-0.1, -0.05) is 26.2 Å². The minimum atomic E-state index is -0.157. The number of aromatic nitrogens is 3. The van der Waals surface area contributed by atoms with Crippen LogP contribution in [-0.2, 0) is 0 Å². The van der Waals surface area contributed by atoms with Gasteiger partial charge in [0.2, 0.25) is 0 Å². The van der Waals surface area contributed by atoms with Crippen LogP contribution in [0.5, 0.6) is 0 Å². The van der Waals surface area contributed by atoms with Crippen LogP contribution in [0, 0.1) is 0 Å². The number of hydrogen-bond acceptors (Lipinski definition) is 3. The van der Waals surface area contributed by atoms with E-state index in [4.69, 9.17) is 0 Å². The van der Waals surface area contributed by atoms with Crippen LogP contribution in [0.4, 0.5) is 0 Å². The van der Waals surface area contributed by atoms with Crippen LogP contribution in [0.3, 0.4) is 0 Å². The fourth-order valence-corrected chi connectivity index (χ4v) is 1.16. The van der Waals surface area contributed by atoms with Gasteiger partial charge in [-0.3, -0.25) is 4.79 Å². The molecule has 0 bridgehead atoms. The quantitative estimate of drug-likeness (QED) is 0.670. The van der Waals surface area contributed by atoms with Crippen molar-refractivity contribution in [3.63, 3.8) is 0 Å². The number of nitrogens with zero attached hydrogens (tertiary/aromatic N) is 2. The van der Waals surface area contributed by atoms with E-state index < -0.39 is 0 Å². The largest absolute Gasteiger partial charge is 0.351 e. The molecular weight excluding hydrogens is 180 g/mol. The monoisotopic (exact) mass is 196 g/mol. The molecule has 0 saturated carbocycles. The van der Waals surface area contributed by atoms with Crippen LogP contribution in [0.2, 0.25) is 0 Å². The molecule has 1 aromatic rings. The number of rotatable bonds is 6. The number of nitrogens with one attached hydrogen (secondary N) is 2. The first-order valence-corrected chi connectivity index (χ1v) is 4.98. The standard InChI is InChI=1S/C9H16N4O/c1-2-3-4-5-6-10-9(14)8-7-11-13-12-8/h7H,2-6H2,1H3,(H,10,14)(H,11,12,13). The molecule has 5 nitrogen and oxygen atoms in total. The van der Waals surface area contributed by atoms with E-state index in [1.54, 1.807) is 0 Å². The highest BCUT2D eigenvalue weighted by atomic mass is 16.1. The lowest BCUT2D eigenvalue weighted by molar-refractivity contribution is 0.0948. The van der Waals surface area contributed by atoms with Crippen LogP contribution < -0.4 is 5.32 Å². The highest BCUT2D eigenvalue weighted by Crippen LogP contribution is 1.97. The lowest BCUT2D eigenvalue weighted by Gasteiger charge is -2.01. The van der Waals surface area contributed by atoms with Crippen LogP contribution in [0.25, 0.3) is 0 Å². The molecule has 0 unspecified atom stereocenters. The average Bonchev–Trinajstić information content (AvgIpc) is 2.70. The van der Waals surface area contributed by atoms with Gasteiger partial charge in [0.05, 0.1) is 6.20 Å². The van der Waals surface area contributed by atoms with Gasteiger partial charge < -0.3 is 5.32 Å². The molecule has 1 aromatic heterocycles. The van der Waals surface area contributed by atoms with Crippen LogP contribution in [0.1, 0.15) is 43.1 Å². The summed E-state index contributed by atoms with van der Waals surface area (Å²) in [5.41, 5.74) is 0.348. The fourth-order valence-electron chi connectivity index (χ4n) is 1.16. The van der Waals surface area contributed by atoms with Gasteiger partial charge in [-0.05, 0) is 6.42 Å². The Morgan fingerprint density at radius 3 is 3.00 bits per heavy atom. The zero-order chi connectivity index (χ0) is 10.2. The van der Waals surface area contributed by atoms with E-state index in [2.05, 4.69) is 27.7 Å². The zero-order valence-electron chi connectivity index (χ0n) is 8.42. The Labute approximate surface area is 83.3 Å². The number of amides is 1. The van der Waals surface area contributed by atoms with Gasteiger partial charge in [0.25, 0.3) is 5.91 Å². The molecule has 14 heavy (non-hydrogen) atoms. The maximum atomic E-state index is 11.3. The average molecular weight is 196 g/mol. The molecule has 1 heterocycles. The van der Waals surface area contributed by atoms with Crippen molar-refractivity contribution in [3.8, 4) is 0 Å². The van der Waals surface area contributed by atoms with E-state index in [0.717, 1.165) is 12.8 Å². The molecule has 0 aliphatic rings. The molecule has 2 N–H and O–H groups in total. The number of unbranched alkanes of at least 4 members (excludes halogenated alkanes) is 3. The fraction of sp³-hybridized carbons (Fsp3) is 0.667. The van der Waals surface area contributed by atoms with Crippen molar-refractivity contribution < 1.29 is 4.79 Å². The minimum absolute atomic E-state index is 0.157. The zero-order valence-corrected chi connectivity index (χ0v) is 8.42. The minimum Gasteiger partial charge on any atom is -0.351 e. The molecule has 0 radical (unpaired) electrons. The van der Waals surface area contributed by atoms with Crippen molar-refractivity contribution in [2.24, 2.45) is 0 Å². The molecule has 0 saturated heterocycles. The Hall–Kier alpha value is -1.39. The Morgan fingerprint density at radius 1 is 1.50 bits per heavy atom. The smallest absolute Gasteiger partial charge is 0.273 e. The second-order valence-electron chi connectivity index (χ2n) is 3.17. The molecule has 0 aromatic carbocycles. The predicted octanol–water partition coefficient (Wildman–Crippen LogP) is 1.11. The maximum Gasteiger partial charge on any atom is 0.273 e. The first-order valence-electron chi connectivity index (χ1n) is 4.98. The summed E-state index contributed by atoms with van der Waals surface area (Å²) < 4.78 is 0. The van der Waals surface area contributed by atoms with Crippen LogP contribution >= 0.6 is 0 Å². The third-order valence-electron chi connectivity index (χ3n) is 1.96. The Bertz CT molecular complexity index is 258. The van der Waals surface area contributed by atoms with Gasteiger partial charge in [0.1, 0.15) is 0 Å². The van der Waals surface area contributed by atoms with E-state index in [9.17, 15) is 4.79 Å². The second kappa shape index (κ2) is 6.12. The van der Waals surface area contributed by atoms with Gasteiger partial charge >= 0.3 is 0 Å². The van der Waals surface area contributed by atoms with Crippen molar-refractivity contribution in [2.75, 3.05) is 6.54 Å². The molecule has 78 valence electrons. The first kappa shape index (κ1) is 10.7. The predicted molar refractivity (Wildman–Crippen MR) is 52.9 cm³/mol. The van der Waals surface area contributed by atoms with Gasteiger partial charge in [0.15, 0.2) is 5.69 Å². The lowest BCUT2D eigenvalue weighted by Crippen LogP contribution is -2.24. The van der Waals surface area contributed by atoms with Crippen molar-refractivity contribution in [3.05, 3.63) is 11.9 Å². The van der Waals surface area contributed by atoms with Gasteiger partial charge in [-0.15, -0.1) is 0 Å². The third kappa shape index (κ3) is 3.55. The van der Waals surface area contributed by atoms with E-state index >= 15 is 0 Å². The first-order chi connectivity index (χ1) is 6.84. The highest BCUT2D eigenvalue weighted by Gasteiger charge is 2.06. The molecule has 5 heteroatoms. The Balaban J connectivity index is 2.10. The number of aromatic amines is 1. The Kier molecular flexibility index (Phi) is 4.68. The topological polar surface area (TPSA) is 70.7 Å². The summed E-state index contributed by atoms with van der Waals surface area (Å²) in [7, 11) is 0. The second-order valence-corrected chi connectivity index (χ2v) is 3.17. The number of carbonyl (C=O) groups is 1. The highest BCUT2D eigenvalue weighted by molar-refractivity contribution is 5.91. The summed E-state index contributed by atoms with van der Waals surface area (Å²) in [4.78, 5) is 11.3. The summed E-state index contributed by atoms with van der Waals surface area (Å²) in [6, 6.07) is 0. The maximum absolute atomic E-state index is 11.3.